The summed E-state index contributed by atoms with van der Waals surface area (Å²) in [7, 11) is 0. The molecule has 1 heterocycles. The zero-order chi connectivity index (χ0) is 18.2. The number of aromatic nitrogens is 1. The van der Waals surface area contributed by atoms with E-state index in [2.05, 4.69) is 22.5 Å². The minimum atomic E-state index is -0.811. The second-order valence-corrected chi connectivity index (χ2v) is 7.33. The van der Waals surface area contributed by atoms with Crippen molar-refractivity contribution in [2.45, 2.75) is 50.3 Å². The van der Waals surface area contributed by atoms with Crippen molar-refractivity contribution in [2.24, 2.45) is 0 Å². The van der Waals surface area contributed by atoms with Crippen LogP contribution in [-0.2, 0) is 11.3 Å². The summed E-state index contributed by atoms with van der Waals surface area (Å²) in [5.41, 5.74) is 1.02. The Morgan fingerprint density at radius 3 is 2.80 bits per heavy atom. The van der Waals surface area contributed by atoms with Crippen LogP contribution >= 0.6 is 11.8 Å². The van der Waals surface area contributed by atoms with Gasteiger partial charge in [-0.2, -0.15) is 0 Å². The average Bonchev–Trinajstić information content (AvgIpc) is 2.54. The number of carbonyl (C=O) groups is 2. The molecule has 1 fully saturated rings. The van der Waals surface area contributed by atoms with Crippen LogP contribution in [-0.4, -0.2) is 57.9 Å². The lowest BCUT2D eigenvalue weighted by molar-refractivity contribution is -0.139. The number of carboxylic acid groups (broad SMARTS) is 1. The van der Waals surface area contributed by atoms with E-state index in [4.69, 9.17) is 5.11 Å². The summed E-state index contributed by atoms with van der Waals surface area (Å²) in [4.78, 5) is 29.0. The predicted octanol–water partition coefficient (Wildman–Crippen LogP) is 1.93. The Kier molecular flexibility index (Phi) is 7.52. The molecule has 8 heteroatoms. The Hall–Kier alpha value is -1.80. The van der Waals surface area contributed by atoms with E-state index in [9.17, 15) is 9.59 Å². The fourth-order valence-electron chi connectivity index (χ4n) is 2.88. The first-order chi connectivity index (χ1) is 12.0. The van der Waals surface area contributed by atoms with Gasteiger partial charge < -0.3 is 15.7 Å². The van der Waals surface area contributed by atoms with Crippen LogP contribution in [0.25, 0.3) is 0 Å². The highest BCUT2D eigenvalue weighted by Crippen LogP contribution is 2.25. The molecule has 0 radical (unpaired) electrons. The molecule has 1 aliphatic rings. The predicted molar refractivity (Wildman–Crippen MR) is 97.7 cm³/mol. The highest BCUT2D eigenvalue weighted by atomic mass is 32.2. The van der Waals surface area contributed by atoms with Gasteiger partial charge in [0, 0.05) is 24.8 Å². The van der Waals surface area contributed by atoms with Crippen molar-refractivity contribution in [1.29, 1.82) is 0 Å². The summed E-state index contributed by atoms with van der Waals surface area (Å²) in [6.07, 6.45) is 3.34. The Morgan fingerprint density at radius 2 is 2.16 bits per heavy atom. The monoisotopic (exact) mass is 366 g/mol. The van der Waals surface area contributed by atoms with Gasteiger partial charge in [0.2, 0.25) is 0 Å². The van der Waals surface area contributed by atoms with Crippen molar-refractivity contribution >= 4 is 23.8 Å². The molecule has 7 nitrogen and oxygen atoms in total. The molecule has 0 spiro atoms. The molecule has 0 bridgehead atoms. The number of likely N-dealkylation sites (N-methyl/N-ethyl adjacent to an activating group) is 1. The fraction of sp³-hybridized carbons (Fsp3) is 0.588. The molecule has 1 aromatic rings. The van der Waals surface area contributed by atoms with E-state index in [1.54, 1.807) is 18.0 Å². The first kappa shape index (κ1) is 19.5. The molecule has 2 rings (SSSR count). The molecule has 0 aromatic carbocycles. The minimum Gasteiger partial charge on any atom is -0.480 e. The van der Waals surface area contributed by atoms with Crippen molar-refractivity contribution in [3.63, 3.8) is 0 Å². The Bertz CT molecular complexity index is 593. The van der Waals surface area contributed by atoms with Gasteiger partial charge in [0.25, 0.3) is 0 Å². The molecule has 2 amide bonds. The van der Waals surface area contributed by atoms with Crippen LogP contribution in [0.3, 0.4) is 0 Å². The van der Waals surface area contributed by atoms with Crippen LogP contribution in [0.5, 0.6) is 0 Å². The van der Waals surface area contributed by atoms with E-state index in [-0.39, 0.29) is 24.7 Å². The Morgan fingerprint density at radius 1 is 1.40 bits per heavy atom. The van der Waals surface area contributed by atoms with Gasteiger partial charge in [0.05, 0.1) is 11.6 Å². The van der Waals surface area contributed by atoms with Crippen molar-refractivity contribution in [3.05, 3.63) is 23.9 Å². The first-order valence-electron chi connectivity index (χ1n) is 8.59. The second kappa shape index (κ2) is 9.62. The molecule has 1 saturated carbocycles. The van der Waals surface area contributed by atoms with Gasteiger partial charge in [-0.25, -0.2) is 9.78 Å². The topological polar surface area (TPSA) is 94.6 Å². The van der Waals surface area contributed by atoms with Gasteiger partial charge in [-0.1, -0.05) is 13.8 Å². The fourth-order valence-corrected chi connectivity index (χ4v) is 3.55. The number of amides is 2. The zero-order valence-corrected chi connectivity index (χ0v) is 15.5. The largest absolute Gasteiger partial charge is 0.480 e. The lowest BCUT2D eigenvalue weighted by Gasteiger charge is -2.42. The van der Waals surface area contributed by atoms with Gasteiger partial charge >= 0.3 is 12.0 Å². The van der Waals surface area contributed by atoms with Gasteiger partial charge in [-0.15, -0.1) is 11.8 Å². The van der Waals surface area contributed by atoms with Crippen LogP contribution in [0.1, 0.15) is 32.3 Å². The Balaban J connectivity index is 1.70. The Labute approximate surface area is 152 Å². The number of hydrogen-bond acceptors (Lipinski definition) is 5. The molecule has 138 valence electrons. The lowest BCUT2D eigenvalue weighted by atomic mass is 9.85. The summed E-state index contributed by atoms with van der Waals surface area (Å²) in [5.74, 6) is 0.151. The third-order valence-corrected chi connectivity index (χ3v) is 5.06. The van der Waals surface area contributed by atoms with Crippen LogP contribution in [0.15, 0.2) is 23.4 Å². The van der Waals surface area contributed by atoms with Gasteiger partial charge in [-0.3, -0.25) is 9.69 Å². The maximum absolute atomic E-state index is 12.0. The SMILES string of the molecule is CCSc1cc(CNC(=O)NC2CC(N(CC)CC(=O)O)C2)ccn1. The highest BCUT2D eigenvalue weighted by Gasteiger charge is 2.34. The van der Waals surface area contributed by atoms with Crippen molar-refractivity contribution in [1.82, 2.24) is 20.5 Å². The van der Waals surface area contributed by atoms with E-state index >= 15 is 0 Å². The molecular formula is C17H26N4O3S. The molecule has 0 aliphatic heterocycles. The normalized spacial score (nSPS) is 19.3. The van der Waals surface area contributed by atoms with E-state index in [1.807, 2.05) is 24.0 Å². The molecule has 0 unspecified atom stereocenters. The number of rotatable bonds is 9. The van der Waals surface area contributed by atoms with Crippen molar-refractivity contribution in [2.75, 3.05) is 18.8 Å². The quantitative estimate of drug-likeness (QED) is 0.578. The van der Waals surface area contributed by atoms with Crippen molar-refractivity contribution in [3.8, 4) is 0 Å². The standard InChI is InChI=1S/C17H26N4O3S/c1-3-21(11-16(22)23)14-8-13(9-14)20-17(24)19-10-12-5-6-18-15(7-12)25-4-2/h5-7,13-14H,3-4,8-11H2,1-2H3,(H,22,23)(H2,19,20,24). The number of pyridine rings is 1. The van der Waals surface area contributed by atoms with E-state index in [0.29, 0.717) is 13.1 Å². The molecule has 0 atom stereocenters. The molecule has 3 N–H and O–H groups in total. The molecular weight excluding hydrogens is 340 g/mol. The van der Waals surface area contributed by atoms with E-state index < -0.39 is 5.97 Å². The third kappa shape index (κ3) is 6.21. The maximum atomic E-state index is 12.0. The van der Waals surface area contributed by atoms with Crippen molar-refractivity contribution < 1.29 is 14.7 Å². The second-order valence-electron chi connectivity index (χ2n) is 6.04. The smallest absolute Gasteiger partial charge is 0.317 e. The zero-order valence-electron chi connectivity index (χ0n) is 14.7. The van der Waals surface area contributed by atoms with Crippen LogP contribution < -0.4 is 10.6 Å². The number of nitrogens with one attached hydrogen (secondary N) is 2. The number of carbonyl (C=O) groups excluding carboxylic acids is 1. The average molecular weight is 366 g/mol. The molecule has 1 aliphatic carbocycles. The number of hydrogen-bond donors (Lipinski definition) is 3. The number of carboxylic acids is 1. The van der Waals surface area contributed by atoms with E-state index in [0.717, 1.165) is 29.2 Å². The summed E-state index contributed by atoms with van der Waals surface area (Å²) < 4.78 is 0. The van der Waals surface area contributed by atoms with Crippen LogP contribution in [0, 0.1) is 0 Å². The summed E-state index contributed by atoms with van der Waals surface area (Å²) >= 11 is 1.67. The van der Waals surface area contributed by atoms with Crippen LogP contribution in [0.4, 0.5) is 4.79 Å². The number of urea groups is 1. The molecule has 1 aromatic heterocycles. The van der Waals surface area contributed by atoms with Gasteiger partial charge in [0.15, 0.2) is 0 Å². The molecule has 25 heavy (non-hydrogen) atoms. The first-order valence-corrected chi connectivity index (χ1v) is 9.58. The maximum Gasteiger partial charge on any atom is 0.317 e. The molecule has 0 saturated heterocycles. The summed E-state index contributed by atoms with van der Waals surface area (Å²) in [6, 6.07) is 4.03. The summed E-state index contributed by atoms with van der Waals surface area (Å²) in [6.45, 7) is 5.25. The lowest BCUT2D eigenvalue weighted by Crippen LogP contribution is -2.56. The minimum absolute atomic E-state index is 0.0558. The van der Waals surface area contributed by atoms with E-state index in [1.165, 1.54) is 0 Å². The van der Waals surface area contributed by atoms with Gasteiger partial charge in [0.1, 0.15) is 0 Å². The highest BCUT2D eigenvalue weighted by molar-refractivity contribution is 7.99. The number of aliphatic carboxylic acids is 1. The number of thioether (sulfide) groups is 1. The van der Waals surface area contributed by atoms with Crippen LogP contribution in [0.2, 0.25) is 0 Å². The summed E-state index contributed by atoms with van der Waals surface area (Å²) in [5, 5.41) is 15.7. The third-order valence-electron chi connectivity index (χ3n) is 4.25. The van der Waals surface area contributed by atoms with Gasteiger partial charge in [-0.05, 0) is 42.8 Å². The number of nitrogens with zero attached hydrogens (tertiary/aromatic N) is 2.